The summed E-state index contributed by atoms with van der Waals surface area (Å²) < 4.78 is 5.51. The first kappa shape index (κ1) is 16.8. The Labute approximate surface area is 132 Å². The van der Waals surface area contributed by atoms with E-state index in [0.29, 0.717) is 6.61 Å². The van der Waals surface area contributed by atoms with Gasteiger partial charge in [0.25, 0.3) is 0 Å². The van der Waals surface area contributed by atoms with Crippen molar-refractivity contribution in [3.05, 3.63) is 35.4 Å². The topological polar surface area (TPSA) is 65.9 Å². The largest absolute Gasteiger partial charge is 0.396 e. The van der Waals surface area contributed by atoms with Gasteiger partial charge in [-0.1, -0.05) is 24.3 Å². The fourth-order valence-corrected chi connectivity index (χ4v) is 2.79. The predicted octanol–water partition coefficient (Wildman–Crippen LogP) is 1.45. The van der Waals surface area contributed by atoms with E-state index in [2.05, 4.69) is 34.7 Å². The van der Waals surface area contributed by atoms with Crippen LogP contribution in [-0.2, 0) is 11.3 Å². The highest BCUT2D eigenvalue weighted by atomic mass is 16.5. The highest BCUT2D eigenvalue weighted by Gasteiger charge is 2.34. The Morgan fingerprint density at radius 2 is 2.18 bits per heavy atom. The van der Waals surface area contributed by atoms with Gasteiger partial charge < -0.3 is 20.5 Å². The molecule has 0 bridgehead atoms. The van der Waals surface area contributed by atoms with Gasteiger partial charge in [0.05, 0.1) is 6.61 Å². The molecule has 5 heteroatoms. The molecule has 1 aromatic carbocycles. The molecule has 22 heavy (non-hydrogen) atoms. The predicted molar refractivity (Wildman–Crippen MR) is 89.0 cm³/mol. The zero-order chi connectivity index (χ0) is 15.8. The molecule has 1 saturated heterocycles. The summed E-state index contributed by atoms with van der Waals surface area (Å²) >= 11 is 0. The first-order valence-corrected chi connectivity index (χ1v) is 7.87. The second-order valence-corrected chi connectivity index (χ2v) is 5.98. The fourth-order valence-electron chi connectivity index (χ4n) is 2.79. The van der Waals surface area contributed by atoms with Crippen LogP contribution in [0.5, 0.6) is 0 Å². The van der Waals surface area contributed by atoms with Crippen LogP contribution in [0.15, 0.2) is 29.3 Å². The van der Waals surface area contributed by atoms with Gasteiger partial charge in [-0.25, -0.2) is 0 Å². The fraction of sp³-hybridized carbons (Fsp3) is 0.588. The van der Waals surface area contributed by atoms with E-state index in [0.717, 1.165) is 38.5 Å². The van der Waals surface area contributed by atoms with Gasteiger partial charge in [0, 0.05) is 38.8 Å². The summed E-state index contributed by atoms with van der Waals surface area (Å²) in [5, 5.41) is 16.0. The SMILES string of the molecule is CN=C(NCc1ccccc1C)NCC1(CCO)CCOC1. The van der Waals surface area contributed by atoms with Crippen LogP contribution in [0.3, 0.4) is 0 Å². The lowest BCUT2D eigenvalue weighted by atomic mass is 9.84. The maximum absolute atomic E-state index is 9.27. The highest BCUT2D eigenvalue weighted by molar-refractivity contribution is 5.79. The van der Waals surface area contributed by atoms with E-state index in [1.54, 1.807) is 7.05 Å². The van der Waals surface area contributed by atoms with Gasteiger partial charge in [-0.3, -0.25) is 4.99 Å². The first-order chi connectivity index (χ1) is 10.7. The molecule has 0 amide bonds. The molecule has 1 heterocycles. The molecule has 0 radical (unpaired) electrons. The van der Waals surface area contributed by atoms with Crippen LogP contribution < -0.4 is 10.6 Å². The van der Waals surface area contributed by atoms with Crippen molar-refractivity contribution in [2.24, 2.45) is 10.4 Å². The smallest absolute Gasteiger partial charge is 0.191 e. The molecule has 0 aromatic heterocycles. The minimum absolute atomic E-state index is 0.0229. The number of hydrogen-bond acceptors (Lipinski definition) is 3. The second-order valence-electron chi connectivity index (χ2n) is 5.98. The summed E-state index contributed by atoms with van der Waals surface area (Å²) in [5.74, 6) is 0.785. The van der Waals surface area contributed by atoms with E-state index in [1.807, 2.05) is 12.1 Å². The average Bonchev–Trinajstić information content (AvgIpc) is 2.98. The molecule has 122 valence electrons. The minimum Gasteiger partial charge on any atom is -0.396 e. The third kappa shape index (κ3) is 4.45. The van der Waals surface area contributed by atoms with Crippen LogP contribution >= 0.6 is 0 Å². The van der Waals surface area contributed by atoms with E-state index >= 15 is 0 Å². The molecule has 1 aliphatic rings. The quantitative estimate of drug-likeness (QED) is 0.550. The number of nitrogens with one attached hydrogen (secondary N) is 2. The van der Waals surface area contributed by atoms with Crippen LogP contribution in [0.1, 0.15) is 24.0 Å². The van der Waals surface area contributed by atoms with Gasteiger partial charge in [0.2, 0.25) is 0 Å². The van der Waals surface area contributed by atoms with Crippen molar-refractivity contribution in [1.82, 2.24) is 10.6 Å². The summed E-state index contributed by atoms with van der Waals surface area (Å²) in [5.41, 5.74) is 2.56. The summed E-state index contributed by atoms with van der Waals surface area (Å²) in [6.45, 7) is 5.29. The van der Waals surface area contributed by atoms with E-state index in [1.165, 1.54) is 11.1 Å². The number of rotatable bonds is 6. The molecule has 3 N–H and O–H groups in total. The maximum atomic E-state index is 9.27. The molecule has 1 unspecified atom stereocenters. The standard InChI is InChI=1S/C17H27N3O2/c1-14-5-3-4-6-15(14)11-19-16(18-2)20-12-17(7-9-21)8-10-22-13-17/h3-6,21H,7-13H2,1-2H3,(H2,18,19,20). The van der Waals surface area contributed by atoms with Crippen molar-refractivity contribution in [3.8, 4) is 0 Å². The molecule has 1 aliphatic heterocycles. The Morgan fingerprint density at radius 3 is 2.82 bits per heavy atom. The van der Waals surface area contributed by atoms with Crippen molar-refractivity contribution in [3.63, 3.8) is 0 Å². The Bertz CT molecular complexity index is 496. The van der Waals surface area contributed by atoms with Crippen LogP contribution in [0.25, 0.3) is 0 Å². The zero-order valence-electron chi connectivity index (χ0n) is 13.6. The number of aliphatic hydroxyl groups excluding tert-OH is 1. The number of guanidine groups is 1. The summed E-state index contributed by atoms with van der Waals surface area (Å²) in [7, 11) is 1.77. The Balaban J connectivity index is 1.86. The van der Waals surface area contributed by atoms with E-state index in [-0.39, 0.29) is 12.0 Å². The first-order valence-electron chi connectivity index (χ1n) is 7.87. The Morgan fingerprint density at radius 1 is 1.36 bits per heavy atom. The molecule has 5 nitrogen and oxygen atoms in total. The third-order valence-corrected chi connectivity index (χ3v) is 4.39. The summed E-state index contributed by atoms with van der Waals surface area (Å²) in [4.78, 5) is 4.28. The molecule has 1 aromatic rings. The number of aryl methyl sites for hydroxylation is 1. The van der Waals surface area contributed by atoms with Crippen LogP contribution in [0.4, 0.5) is 0 Å². The molecular weight excluding hydrogens is 278 g/mol. The monoisotopic (exact) mass is 305 g/mol. The Hall–Kier alpha value is -1.59. The number of aliphatic hydroxyl groups is 1. The van der Waals surface area contributed by atoms with Gasteiger partial charge in [0.1, 0.15) is 0 Å². The zero-order valence-corrected chi connectivity index (χ0v) is 13.6. The second kappa shape index (κ2) is 8.15. The van der Waals surface area contributed by atoms with Crippen LogP contribution in [0.2, 0.25) is 0 Å². The molecule has 1 fully saturated rings. The third-order valence-electron chi connectivity index (χ3n) is 4.39. The minimum atomic E-state index is 0.0229. The van der Waals surface area contributed by atoms with E-state index < -0.39 is 0 Å². The van der Waals surface area contributed by atoms with Gasteiger partial charge in [-0.15, -0.1) is 0 Å². The number of nitrogens with zero attached hydrogens (tertiary/aromatic N) is 1. The normalized spacial score (nSPS) is 21.9. The van der Waals surface area contributed by atoms with Gasteiger partial charge in [0.15, 0.2) is 5.96 Å². The number of aliphatic imine (C=N–C) groups is 1. The van der Waals surface area contributed by atoms with Gasteiger partial charge in [-0.2, -0.15) is 0 Å². The van der Waals surface area contributed by atoms with Crippen molar-refractivity contribution in [2.45, 2.75) is 26.3 Å². The lowest BCUT2D eigenvalue weighted by molar-refractivity contribution is 0.127. The molecule has 0 aliphatic carbocycles. The molecule has 2 rings (SSSR count). The van der Waals surface area contributed by atoms with E-state index in [4.69, 9.17) is 4.74 Å². The molecule has 1 atom stereocenters. The number of ether oxygens (including phenoxy) is 1. The van der Waals surface area contributed by atoms with Crippen molar-refractivity contribution < 1.29 is 9.84 Å². The molecular formula is C17H27N3O2. The van der Waals surface area contributed by atoms with Crippen LogP contribution in [-0.4, -0.2) is 44.5 Å². The van der Waals surface area contributed by atoms with Gasteiger partial charge in [-0.05, 0) is 30.9 Å². The van der Waals surface area contributed by atoms with Crippen LogP contribution in [0, 0.1) is 12.3 Å². The van der Waals surface area contributed by atoms with Crippen molar-refractivity contribution in [2.75, 3.05) is 33.4 Å². The van der Waals surface area contributed by atoms with Crippen molar-refractivity contribution in [1.29, 1.82) is 0 Å². The number of hydrogen-bond donors (Lipinski definition) is 3. The van der Waals surface area contributed by atoms with Crippen molar-refractivity contribution >= 4 is 5.96 Å². The average molecular weight is 305 g/mol. The summed E-state index contributed by atoms with van der Waals surface area (Å²) in [6.07, 6.45) is 1.74. The lowest BCUT2D eigenvalue weighted by Crippen LogP contribution is -2.44. The number of benzene rings is 1. The Kier molecular flexibility index (Phi) is 6.21. The highest BCUT2D eigenvalue weighted by Crippen LogP contribution is 2.31. The van der Waals surface area contributed by atoms with E-state index in [9.17, 15) is 5.11 Å². The molecule has 0 spiro atoms. The lowest BCUT2D eigenvalue weighted by Gasteiger charge is -2.27. The summed E-state index contributed by atoms with van der Waals surface area (Å²) in [6, 6.07) is 8.32. The molecule has 0 saturated carbocycles. The van der Waals surface area contributed by atoms with Gasteiger partial charge >= 0.3 is 0 Å². The maximum Gasteiger partial charge on any atom is 0.191 e.